The number of carboxylic acids is 2. The molecule has 0 spiro atoms. The number of carbonyl (C=O) groups is 2. The maximum atomic E-state index is 10.6. The number of anilines is 1. The molecule has 2 aromatic heterocycles. The third-order valence-electron chi connectivity index (χ3n) is 3.99. The quantitative estimate of drug-likeness (QED) is 0.615. The van der Waals surface area contributed by atoms with Gasteiger partial charge in [0.15, 0.2) is 0 Å². The molecule has 0 bridgehead atoms. The monoisotopic (exact) mass is 502 g/mol. The van der Waals surface area contributed by atoms with Crippen LogP contribution in [-0.2, 0) is 16.0 Å². The molecule has 1 aliphatic heterocycles. The zero-order valence-electron chi connectivity index (χ0n) is 16.9. The van der Waals surface area contributed by atoms with E-state index in [0.29, 0.717) is 0 Å². The summed E-state index contributed by atoms with van der Waals surface area (Å²) in [5, 5.41) is 16.4. The highest BCUT2D eigenvalue weighted by Crippen LogP contribution is 2.15. The number of hydrogen-bond acceptors (Lipinski definition) is 7. The van der Waals surface area contributed by atoms with Crippen molar-refractivity contribution in [3.05, 3.63) is 41.0 Å². The van der Waals surface area contributed by atoms with Crippen LogP contribution in [-0.4, -0.2) is 82.1 Å². The SMILES string of the molecule is O=C(O)C(F)(F)F.O=C(O)C(F)(F)F.c1csc(CCN2CCN(c3cnccn3)CC2)c1. The van der Waals surface area contributed by atoms with Gasteiger partial charge >= 0.3 is 24.3 Å². The van der Waals surface area contributed by atoms with Gasteiger partial charge in [-0.25, -0.2) is 14.6 Å². The molecule has 0 aliphatic carbocycles. The molecule has 0 atom stereocenters. The molecule has 3 rings (SSSR count). The zero-order valence-corrected chi connectivity index (χ0v) is 17.7. The Morgan fingerprint density at radius 2 is 1.52 bits per heavy atom. The van der Waals surface area contributed by atoms with Gasteiger partial charge < -0.3 is 15.1 Å². The van der Waals surface area contributed by atoms with Gasteiger partial charge in [0.25, 0.3) is 0 Å². The van der Waals surface area contributed by atoms with Gasteiger partial charge in [-0.3, -0.25) is 9.88 Å². The maximum Gasteiger partial charge on any atom is 0.490 e. The fraction of sp³-hybridized carbons (Fsp3) is 0.444. The Morgan fingerprint density at radius 3 is 1.91 bits per heavy atom. The van der Waals surface area contributed by atoms with Crippen LogP contribution in [0.15, 0.2) is 36.1 Å². The molecule has 0 aromatic carbocycles. The fourth-order valence-corrected chi connectivity index (χ4v) is 3.08. The molecule has 1 aliphatic rings. The van der Waals surface area contributed by atoms with Crippen LogP contribution in [0.2, 0.25) is 0 Å². The standard InChI is InChI=1S/C14H18N4S.2C2HF3O2/c1-2-13(19-11-1)3-6-17-7-9-18(10-8-17)14-12-15-4-5-16-14;2*3-2(4,5)1(6)7/h1-2,4-5,11-12H,3,6-10H2;2*(H,6,7). The lowest BCUT2D eigenvalue weighted by atomic mass is 10.2. The van der Waals surface area contributed by atoms with Crippen molar-refractivity contribution in [2.24, 2.45) is 0 Å². The normalized spacial score (nSPS) is 14.4. The molecular weight excluding hydrogens is 482 g/mol. The molecule has 2 N–H and O–H groups in total. The predicted molar refractivity (Wildman–Crippen MR) is 106 cm³/mol. The Kier molecular flexibility index (Phi) is 11.0. The number of hydrogen-bond donors (Lipinski definition) is 2. The van der Waals surface area contributed by atoms with Crippen molar-refractivity contribution in [1.29, 1.82) is 0 Å². The lowest BCUT2D eigenvalue weighted by molar-refractivity contribution is -0.193. The van der Waals surface area contributed by atoms with Gasteiger partial charge in [-0.05, 0) is 17.9 Å². The molecular formula is C18H20F6N4O4S. The molecule has 15 heteroatoms. The van der Waals surface area contributed by atoms with E-state index >= 15 is 0 Å². The van der Waals surface area contributed by atoms with Gasteiger partial charge in [-0.2, -0.15) is 26.3 Å². The van der Waals surface area contributed by atoms with Crippen LogP contribution < -0.4 is 4.90 Å². The molecule has 3 heterocycles. The second-order valence-corrected chi connectivity index (χ2v) is 7.36. The van der Waals surface area contributed by atoms with Gasteiger partial charge in [0.1, 0.15) is 5.82 Å². The second kappa shape index (κ2) is 12.9. The summed E-state index contributed by atoms with van der Waals surface area (Å²) in [6.07, 6.45) is -3.66. The number of carboxylic acid groups (broad SMARTS) is 2. The minimum Gasteiger partial charge on any atom is -0.475 e. The van der Waals surface area contributed by atoms with E-state index in [-0.39, 0.29) is 0 Å². The van der Waals surface area contributed by atoms with Crippen LogP contribution in [0.1, 0.15) is 4.88 Å². The summed E-state index contributed by atoms with van der Waals surface area (Å²) in [7, 11) is 0. The number of thiophene rings is 1. The van der Waals surface area contributed by atoms with Gasteiger partial charge in [-0.1, -0.05) is 6.07 Å². The molecule has 2 aromatic rings. The number of aromatic nitrogens is 2. The topological polar surface area (TPSA) is 107 Å². The Hall–Kier alpha value is -2.94. The lowest BCUT2D eigenvalue weighted by Crippen LogP contribution is -2.47. The molecule has 1 fully saturated rings. The van der Waals surface area contributed by atoms with Gasteiger partial charge in [0.2, 0.25) is 0 Å². The Bertz CT molecular complexity index is 818. The van der Waals surface area contributed by atoms with E-state index in [9.17, 15) is 26.3 Å². The highest BCUT2D eigenvalue weighted by molar-refractivity contribution is 7.09. The molecule has 184 valence electrons. The Labute approximate surface area is 188 Å². The summed E-state index contributed by atoms with van der Waals surface area (Å²) >= 11 is 1.85. The first-order valence-corrected chi connectivity index (χ1v) is 10.0. The van der Waals surface area contributed by atoms with Crippen molar-refractivity contribution in [2.75, 3.05) is 37.6 Å². The summed E-state index contributed by atoms with van der Waals surface area (Å²) < 4.78 is 63.5. The smallest absolute Gasteiger partial charge is 0.475 e. The Balaban J connectivity index is 0.000000324. The highest BCUT2D eigenvalue weighted by atomic mass is 32.1. The summed E-state index contributed by atoms with van der Waals surface area (Å²) in [5.41, 5.74) is 0. The van der Waals surface area contributed by atoms with Crippen LogP contribution in [0.5, 0.6) is 0 Å². The summed E-state index contributed by atoms with van der Waals surface area (Å²) in [5.74, 6) is -4.51. The minimum atomic E-state index is -5.08. The van der Waals surface area contributed by atoms with E-state index < -0.39 is 24.3 Å². The van der Waals surface area contributed by atoms with E-state index in [0.717, 1.165) is 38.5 Å². The largest absolute Gasteiger partial charge is 0.490 e. The first-order valence-electron chi connectivity index (χ1n) is 9.16. The number of alkyl halides is 6. The van der Waals surface area contributed by atoms with Crippen molar-refractivity contribution < 1.29 is 46.1 Å². The Morgan fingerprint density at radius 1 is 0.970 bits per heavy atom. The zero-order chi connectivity index (χ0) is 25.1. The van der Waals surface area contributed by atoms with Gasteiger partial charge in [0, 0.05) is 50.0 Å². The first kappa shape index (κ1) is 28.1. The average Bonchev–Trinajstić information content (AvgIpc) is 3.26. The molecule has 0 amide bonds. The van der Waals surface area contributed by atoms with Crippen LogP contribution in [0.4, 0.5) is 32.2 Å². The molecule has 0 saturated carbocycles. The van der Waals surface area contributed by atoms with Crippen molar-refractivity contribution in [3.63, 3.8) is 0 Å². The molecule has 8 nitrogen and oxygen atoms in total. The summed E-state index contributed by atoms with van der Waals surface area (Å²) in [4.78, 5) is 32.6. The van der Waals surface area contributed by atoms with Gasteiger partial charge in [0.05, 0.1) is 6.20 Å². The van der Waals surface area contributed by atoms with E-state index in [1.165, 1.54) is 11.3 Å². The van der Waals surface area contributed by atoms with Crippen molar-refractivity contribution >= 4 is 29.1 Å². The second-order valence-electron chi connectivity index (χ2n) is 6.33. The van der Waals surface area contributed by atoms with Gasteiger partial charge in [-0.15, -0.1) is 11.3 Å². The van der Waals surface area contributed by atoms with E-state index in [4.69, 9.17) is 19.8 Å². The molecule has 0 unspecified atom stereocenters. The minimum absolute atomic E-state index is 1.00. The van der Waals surface area contributed by atoms with E-state index in [2.05, 4.69) is 37.3 Å². The summed E-state index contributed by atoms with van der Waals surface area (Å²) in [6, 6.07) is 4.35. The number of nitrogens with zero attached hydrogens (tertiary/aromatic N) is 4. The van der Waals surface area contributed by atoms with Crippen molar-refractivity contribution in [1.82, 2.24) is 14.9 Å². The van der Waals surface area contributed by atoms with Crippen LogP contribution in [0.3, 0.4) is 0 Å². The third-order valence-corrected chi connectivity index (χ3v) is 4.92. The number of piperazine rings is 1. The lowest BCUT2D eigenvalue weighted by Gasteiger charge is -2.35. The molecule has 33 heavy (non-hydrogen) atoms. The average molecular weight is 502 g/mol. The number of rotatable bonds is 4. The van der Waals surface area contributed by atoms with Crippen molar-refractivity contribution in [3.8, 4) is 0 Å². The maximum absolute atomic E-state index is 10.6. The summed E-state index contributed by atoms with van der Waals surface area (Å²) in [6.45, 7) is 5.48. The first-order chi connectivity index (χ1) is 15.3. The van der Waals surface area contributed by atoms with Crippen molar-refractivity contribution in [2.45, 2.75) is 18.8 Å². The van der Waals surface area contributed by atoms with Crippen LogP contribution >= 0.6 is 11.3 Å². The number of halogens is 6. The van der Waals surface area contributed by atoms with E-state index in [1.807, 2.05) is 17.5 Å². The number of aliphatic carboxylic acids is 2. The van der Waals surface area contributed by atoms with Crippen LogP contribution in [0, 0.1) is 0 Å². The fourth-order valence-electron chi connectivity index (χ4n) is 2.38. The highest BCUT2D eigenvalue weighted by Gasteiger charge is 2.38. The third kappa shape index (κ3) is 11.5. The van der Waals surface area contributed by atoms with Crippen LogP contribution in [0.25, 0.3) is 0 Å². The molecule has 1 saturated heterocycles. The molecule has 0 radical (unpaired) electrons. The predicted octanol–water partition coefficient (Wildman–Crippen LogP) is 3.17. The van der Waals surface area contributed by atoms with E-state index in [1.54, 1.807) is 12.4 Å².